The second-order valence-corrected chi connectivity index (χ2v) is 6.34. The van der Waals surface area contributed by atoms with E-state index in [0.29, 0.717) is 17.7 Å². The van der Waals surface area contributed by atoms with Crippen LogP contribution in [0.2, 0.25) is 0 Å². The Balaban J connectivity index is 2.33. The first-order chi connectivity index (χ1) is 9.94. The molecule has 1 heterocycles. The highest BCUT2D eigenvalue weighted by Gasteiger charge is 2.22. The number of hydrogen-bond acceptors (Lipinski definition) is 4. The molecule has 0 radical (unpaired) electrons. The molecular formula is C13H17FN4O2S. The van der Waals surface area contributed by atoms with Gasteiger partial charge in [-0.25, -0.2) is 17.5 Å². The molecule has 8 heteroatoms. The first-order valence-corrected chi connectivity index (χ1v) is 7.86. The van der Waals surface area contributed by atoms with Gasteiger partial charge in [0.05, 0.1) is 11.1 Å². The van der Waals surface area contributed by atoms with E-state index in [2.05, 4.69) is 20.2 Å². The molecule has 0 fully saturated rings. The van der Waals surface area contributed by atoms with Crippen LogP contribution < -0.4 is 10.0 Å². The average molecular weight is 312 g/mol. The molecule has 1 aromatic heterocycles. The number of aromatic amines is 1. The predicted molar refractivity (Wildman–Crippen MR) is 76.5 cm³/mol. The van der Waals surface area contributed by atoms with Gasteiger partial charge >= 0.3 is 0 Å². The molecule has 0 spiro atoms. The van der Waals surface area contributed by atoms with E-state index >= 15 is 0 Å². The van der Waals surface area contributed by atoms with E-state index in [1.165, 1.54) is 18.3 Å². The highest BCUT2D eigenvalue weighted by atomic mass is 32.2. The topological polar surface area (TPSA) is 86.9 Å². The van der Waals surface area contributed by atoms with E-state index in [0.717, 1.165) is 6.07 Å². The monoisotopic (exact) mass is 312 g/mol. The molecule has 6 nitrogen and oxygen atoms in total. The molecule has 2 rings (SSSR count). The maximum Gasteiger partial charge on any atom is 0.241 e. The first kappa shape index (κ1) is 15.6. The van der Waals surface area contributed by atoms with Crippen LogP contribution in [0.4, 0.5) is 4.39 Å². The minimum absolute atomic E-state index is 0.0628. The van der Waals surface area contributed by atoms with Gasteiger partial charge in [0.15, 0.2) is 0 Å². The zero-order valence-electron chi connectivity index (χ0n) is 11.7. The molecule has 0 saturated carbocycles. The largest absolute Gasteiger partial charge is 0.316 e. The summed E-state index contributed by atoms with van der Waals surface area (Å²) in [6.45, 7) is 2.02. The highest BCUT2D eigenvalue weighted by molar-refractivity contribution is 7.89. The van der Waals surface area contributed by atoms with Crippen molar-refractivity contribution >= 4 is 10.0 Å². The number of sulfonamides is 1. The first-order valence-electron chi connectivity index (χ1n) is 6.38. The molecule has 0 amide bonds. The molecule has 1 atom stereocenters. The van der Waals surface area contributed by atoms with Crippen LogP contribution in [-0.2, 0) is 16.6 Å². The summed E-state index contributed by atoms with van der Waals surface area (Å²) < 4.78 is 40.8. The highest BCUT2D eigenvalue weighted by Crippen LogP contribution is 2.20. The van der Waals surface area contributed by atoms with E-state index in [1.54, 1.807) is 20.2 Å². The van der Waals surface area contributed by atoms with Crippen molar-refractivity contribution in [1.82, 2.24) is 20.2 Å². The normalized spacial score (nSPS) is 13.3. The summed E-state index contributed by atoms with van der Waals surface area (Å²) in [7, 11) is -2.14. The number of nitrogens with zero attached hydrogens (tertiary/aromatic N) is 1. The average Bonchev–Trinajstić information content (AvgIpc) is 2.94. The Hall–Kier alpha value is -1.77. The quantitative estimate of drug-likeness (QED) is 0.750. The smallest absolute Gasteiger partial charge is 0.241 e. The van der Waals surface area contributed by atoms with Crippen LogP contribution in [0.1, 0.15) is 24.1 Å². The minimum atomic E-state index is -3.83. The van der Waals surface area contributed by atoms with Gasteiger partial charge in [0.1, 0.15) is 5.82 Å². The maximum absolute atomic E-state index is 13.4. The summed E-state index contributed by atoms with van der Waals surface area (Å²) in [5.74, 6) is -0.591. The lowest BCUT2D eigenvalue weighted by molar-refractivity contribution is 0.561. The lowest BCUT2D eigenvalue weighted by atomic mass is 10.2. The molecule has 114 valence electrons. The van der Waals surface area contributed by atoms with Gasteiger partial charge in [0.25, 0.3) is 0 Å². The standard InChI is InChI=1S/C13H17FN4O2S/c1-9(11-7-16-17-8-11)18-21(19,20)13-5-12(14)4-3-10(13)6-15-2/h3-5,7-9,15,18H,6H2,1-2H3,(H,16,17). The van der Waals surface area contributed by atoms with Crippen molar-refractivity contribution in [3.63, 3.8) is 0 Å². The zero-order valence-corrected chi connectivity index (χ0v) is 12.5. The molecule has 1 aromatic carbocycles. The Labute approximate surface area is 122 Å². The van der Waals surface area contributed by atoms with E-state index < -0.39 is 21.9 Å². The summed E-state index contributed by atoms with van der Waals surface area (Å²) in [5, 5.41) is 9.27. The summed E-state index contributed by atoms with van der Waals surface area (Å²) in [4.78, 5) is -0.0628. The van der Waals surface area contributed by atoms with Gasteiger partial charge in [-0.1, -0.05) is 6.07 Å². The second kappa shape index (κ2) is 6.33. The molecule has 0 aliphatic rings. The van der Waals surface area contributed by atoms with Gasteiger partial charge in [0.2, 0.25) is 10.0 Å². The van der Waals surface area contributed by atoms with Crippen molar-refractivity contribution in [3.05, 3.63) is 47.5 Å². The van der Waals surface area contributed by atoms with Crippen LogP contribution in [0.3, 0.4) is 0 Å². The van der Waals surface area contributed by atoms with E-state index in [9.17, 15) is 12.8 Å². The maximum atomic E-state index is 13.4. The van der Waals surface area contributed by atoms with Gasteiger partial charge < -0.3 is 5.32 Å². The minimum Gasteiger partial charge on any atom is -0.316 e. The Morgan fingerprint density at radius 1 is 1.43 bits per heavy atom. The van der Waals surface area contributed by atoms with Gasteiger partial charge in [-0.15, -0.1) is 0 Å². The van der Waals surface area contributed by atoms with Crippen molar-refractivity contribution in [2.45, 2.75) is 24.4 Å². The van der Waals surface area contributed by atoms with Crippen LogP contribution in [0.25, 0.3) is 0 Å². The zero-order chi connectivity index (χ0) is 15.5. The molecule has 21 heavy (non-hydrogen) atoms. The van der Waals surface area contributed by atoms with Crippen molar-refractivity contribution in [3.8, 4) is 0 Å². The number of H-pyrrole nitrogens is 1. The predicted octanol–water partition coefficient (Wildman–Crippen LogP) is 1.31. The fourth-order valence-electron chi connectivity index (χ4n) is 1.98. The molecule has 2 aromatic rings. The molecule has 0 saturated heterocycles. The van der Waals surface area contributed by atoms with Gasteiger partial charge in [-0.2, -0.15) is 5.10 Å². The Morgan fingerprint density at radius 3 is 2.81 bits per heavy atom. The van der Waals surface area contributed by atoms with Crippen molar-refractivity contribution in [2.75, 3.05) is 7.05 Å². The van der Waals surface area contributed by atoms with E-state index in [-0.39, 0.29) is 4.90 Å². The molecule has 0 bridgehead atoms. The number of halogens is 1. The molecule has 0 aliphatic heterocycles. The van der Waals surface area contributed by atoms with Crippen LogP contribution in [0.15, 0.2) is 35.5 Å². The number of aromatic nitrogens is 2. The molecule has 3 N–H and O–H groups in total. The number of rotatable bonds is 6. The number of benzene rings is 1. The SMILES string of the molecule is CNCc1ccc(F)cc1S(=O)(=O)NC(C)c1cn[nH]c1. The van der Waals surface area contributed by atoms with E-state index in [1.807, 2.05) is 0 Å². The van der Waals surface area contributed by atoms with Crippen LogP contribution >= 0.6 is 0 Å². The number of nitrogens with one attached hydrogen (secondary N) is 3. The summed E-state index contributed by atoms with van der Waals surface area (Å²) >= 11 is 0. The third kappa shape index (κ3) is 3.66. The van der Waals surface area contributed by atoms with Crippen LogP contribution in [0.5, 0.6) is 0 Å². The third-order valence-corrected chi connectivity index (χ3v) is 4.66. The van der Waals surface area contributed by atoms with E-state index in [4.69, 9.17) is 0 Å². The van der Waals surface area contributed by atoms with Gasteiger partial charge in [-0.3, -0.25) is 5.10 Å². The lowest BCUT2D eigenvalue weighted by Crippen LogP contribution is -2.28. The second-order valence-electron chi connectivity index (χ2n) is 4.66. The summed E-state index contributed by atoms with van der Waals surface area (Å²) in [6.07, 6.45) is 3.14. The Bertz CT molecular complexity index is 701. The third-order valence-electron chi connectivity index (χ3n) is 3.04. The fourth-order valence-corrected chi connectivity index (χ4v) is 3.46. The van der Waals surface area contributed by atoms with Crippen LogP contribution in [-0.4, -0.2) is 25.7 Å². The Morgan fingerprint density at radius 2 is 2.19 bits per heavy atom. The fraction of sp³-hybridized carbons (Fsp3) is 0.308. The van der Waals surface area contributed by atoms with Crippen molar-refractivity contribution in [2.24, 2.45) is 0 Å². The summed E-state index contributed by atoms with van der Waals surface area (Å²) in [6, 6.07) is 3.25. The number of hydrogen-bond donors (Lipinski definition) is 3. The van der Waals surface area contributed by atoms with Gasteiger partial charge in [-0.05, 0) is 31.7 Å². The lowest BCUT2D eigenvalue weighted by Gasteiger charge is -2.15. The molecular weight excluding hydrogens is 295 g/mol. The van der Waals surface area contributed by atoms with Gasteiger partial charge in [0, 0.05) is 24.3 Å². The van der Waals surface area contributed by atoms with Crippen molar-refractivity contribution in [1.29, 1.82) is 0 Å². The van der Waals surface area contributed by atoms with Crippen molar-refractivity contribution < 1.29 is 12.8 Å². The van der Waals surface area contributed by atoms with Crippen LogP contribution in [0, 0.1) is 5.82 Å². The molecule has 1 unspecified atom stereocenters. The Kier molecular flexibility index (Phi) is 4.71. The molecule has 0 aliphatic carbocycles. The summed E-state index contributed by atoms with van der Waals surface area (Å²) in [5.41, 5.74) is 1.20.